The highest BCUT2D eigenvalue weighted by atomic mass is 35.5. The second-order valence-electron chi connectivity index (χ2n) is 9.23. The van der Waals surface area contributed by atoms with Gasteiger partial charge in [0.25, 0.3) is 0 Å². The van der Waals surface area contributed by atoms with Gasteiger partial charge < -0.3 is 15.1 Å². The van der Waals surface area contributed by atoms with Crippen molar-refractivity contribution in [2.24, 2.45) is 17.8 Å². The molecule has 2 aromatic heterocycles. The first-order valence-electron chi connectivity index (χ1n) is 11.7. The van der Waals surface area contributed by atoms with Gasteiger partial charge in [0.2, 0.25) is 17.8 Å². The number of carbonyl (C=O) groups excluding carboxylic acids is 1. The van der Waals surface area contributed by atoms with Gasteiger partial charge in [-0.05, 0) is 55.4 Å². The smallest absolute Gasteiger partial charge is 0.227 e. The zero-order valence-corrected chi connectivity index (χ0v) is 19.0. The second-order valence-corrected chi connectivity index (χ2v) is 9.66. The molecule has 0 radical (unpaired) electrons. The number of halogens is 1. The Morgan fingerprint density at radius 1 is 1.03 bits per heavy atom. The molecule has 170 valence electrons. The van der Waals surface area contributed by atoms with Crippen LogP contribution in [0.2, 0.25) is 5.02 Å². The van der Waals surface area contributed by atoms with Crippen LogP contribution in [0.5, 0.6) is 0 Å². The normalized spacial score (nSPS) is 23.0. The van der Waals surface area contributed by atoms with E-state index in [0.29, 0.717) is 17.4 Å². The monoisotopic (exact) mass is 455 g/mol. The third kappa shape index (κ3) is 5.11. The van der Waals surface area contributed by atoms with E-state index in [2.05, 4.69) is 30.2 Å². The van der Waals surface area contributed by atoms with Crippen molar-refractivity contribution in [1.82, 2.24) is 24.8 Å². The summed E-state index contributed by atoms with van der Waals surface area (Å²) in [4.78, 5) is 33.7. The van der Waals surface area contributed by atoms with E-state index in [1.807, 2.05) is 4.90 Å². The highest BCUT2D eigenvalue weighted by molar-refractivity contribution is 6.30. The van der Waals surface area contributed by atoms with Gasteiger partial charge in [-0.15, -0.1) is 0 Å². The highest BCUT2D eigenvalue weighted by Gasteiger charge is 2.43. The predicted octanol–water partition coefficient (Wildman–Crippen LogP) is 3.05. The first-order chi connectivity index (χ1) is 15.7. The van der Waals surface area contributed by atoms with Crippen LogP contribution in [0.25, 0.3) is 0 Å². The number of anilines is 2. The predicted molar refractivity (Wildman–Crippen MR) is 124 cm³/mol. The molecule has 0 bridgehead atoms. The lowest BCUT2D eigenvalue weighted by atomic mass is 9.90. The van der Waals surface area contributed by atoms with Gasteiger partial charge in [0.15, 0.2) is 0 Å². The first-order valence-corrected chi connectivity index (χ1v) is 12.1. The lowest BCUT2D eigenvalue weighted by molar-refractivity contribution is -0.133. The van der Waals surface area contributed by atoms with Crippen molar-refractivity contribution in [1.29, 1.82) is 0 Å². The summed E-state index contributed by atoms with van der Waals surface area (Å²) < 4.78 is 0. The third-order valence-electron chi connectivity index (χ3n) is 7.08. The number of aromatic nitrogens is 4. The summed E-state index contributed by atoms with van der Waals surface area (Å²) in [5.74, 6) is 4.08. The minimum atomic E-state index is 0.173. The minimum absolute atomic E-state index is 0.173. The van der Waals surface area contributed by atoms with Crippen LogP contribution in [-0.4, -0.2) is 63.5 Å². The number of rotatable bonds is 8. The molecule has 3 fully saturated rings. The molecule has 1 N–H and O–H groups in total. The number of hydrogen-bond donors (Lipinski definition) is 1. The molecule has 32 heavy (non-hydrogen) atoms. The van der Waals surface area contributed by atoms with Crippen LogP contribution < -0.4 is 10.2 Å². The maximum Gasteiger partial charge on any atom is 0.227 e. The molecule has 2 atom stereocenters. The molecule has 2 aromatic rings. The van der Waals surface area contributed by atoms with Gasteiger partial charge in [-0.2, -0.15) is 0 Å². The van der Waals surface area contributed by atoms with Gasteiger partial charge in [0.05, 0.1) is 23.8 Å². The largest absolute Gasteiger partial charge is 0.354 e. The molecule has 2 aliphatic heterocycles. The van der Waals surface area contributed by atoms with Crippen molar-refractivity contribution in [3.05, 3.63) is 35.4 Å². The van der Waals surface area contributed by atoms with Gasteiger partial charge in [-0.1, -0.05) is 11.6 Å². The van der Waals surface area contributed by atoms with Gasteiger partial charge in [-0.25, -0.2) is 19.9 Å². The fourth-order valence-electron chi connectivity index (χ4n) is 4.94. The zero-order chi connectivity index (χ0) is 21.9. The van der Waals surface area contributed by atoms with Gasteiger partial charge in [-0.3, -0.25) is 4.79 Å². The Kier molecular flexibility index (Phi) is 6.39. The Morgan fingerprint density at radius 2 is 1.75 bits per heavy atom. The molecule has 1 saturated carbocycles. The SMILES string of the molecule is O=C(Cc1cnc(NCC[C@@H]2C[C@@H]2C2CCN(c3ncc(Cl)cn3)CC2)nc1)N1CCC1. The van der Waals surface area contributed by atoms with Gasteiger partial charge in [0, 0.05) is 45.1 Å². The highest BCUT2D eigenvalue weighted by Crippen LogP contribution is 2.49. The van der Waals surface area contributed by atoms with Crippen LogP contribution in [0.1, 0.15) is 37.7 Å². The van der Waals surface area contributed by atoms with Crippen LogP contribution in [0.15, 0.2) is 24.8 Å². The molecule has 0 spiro atoms. The number of hydrogen-bond acceptors (Lipinski definition) is 7. The summed E-state index contributed by atoms with van der Waals surface area (Å²) in [7, 11) is 0. The Hall–Kier alpha value is -2.48. The Morgan fingerprint density at radius 3 is 2.41 bits per heavy atom. The number of nitrogens with one attached hydrogen (secondary N) is 1. The van der Waals surface area contributed by atoms with E-state index >= 15 is 0 Å². The summed E-state index contributed by atoms with van der Waals surface area (Å²) >= 11 is 5.89. The molecule has 4 heterocycles. The number of carbonyl (C=O) groups is 1. The second kappa shape index (κ2) is 9.57. The molecule has 1 amide bonds. The average molecular weight is 456 g/mol. The van der Waals surface area contributed by atoms with Gasteiger partial charge in [0.1, 0.15) is 0 Å². The molecule has 3 aliphatic rings. The Balaban J connectivity index is 0.997. The number of nitrogens with zero attached hydrogens (tertiary/aromatic N) is 6. The van der Waals surface area contributed by atoms with Crippen LogP contribution in [0.3, 0.4) is 0 Å². The summed E-state index contributed by atoms with van der Waals surface area (Å²) in [6.45, 7) is 4.71. The molecular formula is C23H30ClN7O. The van der Waals surface area contributed by atoms with E-state index in [1.54, 1.807) is 24.8 Å². The standard InChI is InChI=1S/C23H30ClN7O/c24-19-14-28-23(29-15-19)31-8-3-17(4-9-31)20-11-18(20)2-5-25-22-26-12-16(13-27-22)10-21(32)30-6-1-7-30/h12-15,17-18,20H,1-11H2,(H,25,26,27)/t18-,20-/m1/s1. The van der Waals surface area contributed by atoms with Crippen molar-refractivity contribution in [3.63, 3.8) is 0 Å². The summed E-state index contributed by atoms with van der Waals surface area (Å²) in [6, 6.07) is 0. The van der Waals surface area contributed by atoms with Crippen LogP contribution in [0.4, 0.5) is 11.9 Å². The van der Waals surface area contributed by atoms with Crippen LogP contribution in [-0.2, 0) is 11.2 Å². The van der Waals surface area contributed by atoms with Crippen molar-refractivity contribution in [3.8, 4) is 0 Å². The lowest BCUT2D eigenvalue weighted by Crippen LogP contribution is -2.42. The van der Waals surface area contributed by atoms with E-state index in [-0.39, 0.29) is 5.91 Å². The minimum Gasteiger partial charge on any atom is -0.354 e. The summed E-state index contributed by atoms with van der Waals surface area (Å²) in [5, 5.41) is 3.93. The Bertz CT molecular complexity index is 911. The Labute approximate surface area is 193 Å². The van der Waals surface area contributed by atoms with Gasteiger partial charge >= 0.3 is 0 Å². The number of amides is 1. The lowest BCUT2D eigenvalue weighted by Gasteiger charge is -2.32. The molecule has 5 rings (SSSR count). The third-order valence-corrected chi connectivity index (χ3v) is 7.27. The van der Waals surface area contributed by atoms with Crippen molar-refractivity contribution in [2.45, 2.75) is 38.5 Å². The van der Waals surface area contributed by atoms with E-state index in [1.165, 1.54) is 19.3 Å². The molecule has 2 saturated heterocycles. The maximum absolute atomic E-state index is 12.0. The summed E-state index contributed by atoms with van der Waals surface area (Å²) in [5.41, 5.74) is 0.880. The average Bonchev–Trinajstić information content (AvgIpc) is 3.54. The molecule has 0 unspecified atom stereocenters. The van der Waals surface area contributed by atoms with Crippen molar-refractivity contribution in [2.75, 3.05) is 42.9 Å². The van der Waals surface area contributed by atoms with Crippen LogP contribution >= 0.6 is 11.6 Å². The topological polar surface area (TPSA) is 87.1 Å². The number of piperidine rings is 1. The quantitative estimate of drug-likeness (QED) is 0.654. The molecule has 9 heteroatoms. The maximum atomic E-state index is 12.0. The molecular weight excluding hydrogens is 426 g/mol. The fraction of sp³-hybridized carbons (Fsp3) is 0.609. The van der Waals surface area contributed by atoms with E-state index in [9.17, 15) is 4.79 Å². The molecule has 8 nitrogen and oxygen atoms in total. The first kappa shape index (κ1) is 21.4. The zero-order valence-electron chi connectivity index (χ0n) is 18.3. The number of likely N-dealkylation sites (tertiary alicyclic amines) is 1. The van der Waals surface area contributed by atoms with Crippen molar-refractivity contribution >= 4 is 29.4 Å². The van der Waals surface area contributed by atoms with E-state index in [0.717, 1.165) is 74.8 Å². The van der Waals surface area contributed by atoms with Crippen molar-refractivity contribution < 1.29 is 4.79 Å². The molecule has 0 aromatic carbocycles. The fourth-order valence-corrected chi connectivity index (χ4v) is 5.03. The van der Waals surface area contributed by atoms with Crippen LogP contribution in [0, 0.1) is 17.8 Å². The summed E-state index contributed by atoms with van der Waals surface area (Å²) in [6.07, 6.45) is 13.3. The molecule has 1 aliphatic carbocycles. The van der Waals surface area contributed by atoms with E-state index in [4.69, 9.17) is 11.6 Å². The van der Waals surface area contributed by atoms with E-state index < -0.39 is 0 Å².